The van der Waals surface area contributed by atoms with Crippen molar-refractivity contribution in [2.24, 2.45) is 0 Å². The SMILES string of the molecule is Cc1ccc(C(O)=C2C(=O)C(=O)N(CCN3CCOCC3)[C@@H]2c2ccccc2)cc1. The normalized spacial score (nSPS) is 21.9. The van der Waals surface area contributed by atoms with Gasteiger partial charge in [0.2, 0.25) is 0 Å². The van der Waals surface area contributed by atoms with Crippen LogP contribution in [0.25, 0.3) is 5.76 Å². The monoisotopic (exact) mass is 406 g/mol. The van der Waals surface area contributed by atoms with Crippen molar-refractivity contribution in [3.8, 4) is 0 Å². The van der Waals surface area contributed by atoms with Crippen LogP contribution in [0.15, 0.2) is 60.2 Å². The Morgan fingerprint density at radius 3 is 2.33 bits per heavy atom. The predicted octanol–water partition coefficient (Wildman–Crippen LogP) is 2.75. The molecule has 6 nitrogen and oxygen atoms in total. The van der Waals surface area contributed by atoms with Crippen LogP contribution in [0.5, 0.6) is 0 Å². The van der Waals surface area contributed by atoms with Crippen molar-refractivity contribution in [3.63, 3.8) is 0 Å². The van der Waals surface area contributed by atoms with Gasteiger partial charge in [0, 0.05) is 31.7 Å². The van der Waals surface area contributed by atoms with Gasteiger partial charge in [0.15, 0.2) is 0 Å². The molecule has 0 saturated carbocycles. The molecule has 2 aromatic rings. The van der Waals surface area contributed by atoms with E-state index in [1.165, 1.54) is 0 Å². The summed E-state index contributed by atoms with van der Waals surface area (Å²) in [5, 5.41) is 11.0. The zero-order valence-corrected chi connectivity index (χ0v) is 17.1. The van der Waals surface area contributed by atoms with E-state index in [9.17, 15) is 14.7 Å². The number of likely N-dealkylation sites (tertiary alicyclic amines) is 1. The first-order valence-corrected chi connectivity index (χ1v) is 10.3. The molecule has 0 radical (unpaired) electrons. The van der Waals surface area contributed by atoms with Crippen LogP contribution < -0.4 is 0 Å². The Balaban J connectivity index is 1.71. The molecule has 0 aromatic heterocycles. The minimum atomic E-state index is -0.635. The third-order valence-electron chi connectivity index (χ3n) is 5.74. The zero-order chi connectivity index (χ0) is 21.1. The van der Waals surface area contributed by atoms with Crippen molar-refractivity contribution in [3.05, 3.63) is 76.9 Å². The van der Waals surface area contributed by atoms with Gasteiger partial charge in [-0.1, -0.05) is 60.2 Å². The number of benzene rings is 2. The predicted molar refractivity (Wildman–Crippen MR) is 114 cm³/mol. The van der Waals surface area contributed by atoms with E-state index in [2.05, 4.69) is 4.90 Å². The van der Waals surface area contributed by atoms with Gasteiger partial charge < -0.3 is 14.7 Å². The molecule has 156 valence electrons. The van der Waals surface area contributed by atoms with Gasteiger partial charge in [-0.15, -0.1) is 0 Å². The van der Waals surface area contributed by atoms with E-state index in [0.717, 1.165) is 24.2 Å². The number of aliphatic hydroxyl groups excluding tert-OH is 1. The van der Waals surface area contributed by atoms with Crippen LogP contribution in [-0.2, 0) is 14.3 Å². The number of morpholine rings is 1. The summed E-state index contributed by atoms with van der Waals surface area (Å²) in [6.45, 7) is 5.99. The maximum absolute atomic E-state index is 13.0. The van der Waals surface area contributed by atoms with Crippen LogP contribution in [0.3, 0.4) is 0 Å². The molecule has 0 unspecified atom stereocenters. The second kappa shape index (κ2) is 8.81. The highest BCUT2D eigenvalue weighted by molar-refractivity contribution is 6.46. The third-order valence-corrected chi connectivity index (χ3v) is 5.74. The summed E-state index contributed by atoms with van der Waals surface area (Å²) in [5.74, 6) is -1.33. The molecule has 1 atom stereocenters. The first kappa shape index (κ1) is 20.3. The van der Waals surface area contributed by atoms with E-state index in [-0.39, 0.29) is 11.3 Å². The van der Waals surface area contributed by atoms with Crippen LogP contribution in [-0.4, -0.2) is 66.0 Å². The Hall–Kier alpha value is -2.96. The van der Waals surface area contributed by atoms with Crippen LogP contribution >= 0.6 is 0 Å². The van der Waals surface area contributed by atoms with Gasteiger partial charge in [-0.05, 0) is 12.5 Å². The number of ether oxygens (including phenoxy) is 1. The molecule has 0 bridgehead atoms. The Bertz CT molecular complexity index is 947. The highest BCUT2D eigenvalue weighted by Crippen LogP contribution is 2.39. The smallest absolute Gasteiger partial charge is 0.295 e. The summed E-state index contributed by atoms with van der Waals surface area (Å²) in [6.07, 6.45) is 0. The van der Waals surface area contributed by atoms with Crippen LogP contribution in [0.4, 0.5) is 0 Å². The fraction of sp³-hybridized carbons (Fsp3) is 0.333. The lowest BCUT2D eigenvalue weighted by Crippen LogP contribution is -2.42. The largest absolute Gasteiger partial charge is 0.507 e. The molecule has 2 heterocycles. The first-order valence-electron chi connectivity index (χ1n) is 10.3. The lowest BCUT2D eigenvalue weighted by Gasteiger charge is -2.31. The quantitative estimate of drug-likeness (QED) is 0.470. The van der Waals surface area contributed by atoms with Crippen molar-refractivity contribution in [1.29, 1.82) is 0 Å². The minimum absolute atomic E-state index is 0.129. The fourth-order valence-electron chi connectivity index (χ4n) is 4.03. The first-order chi connectivity index (χ1) is 14.6. The summed E-state index contributed by atoms with van der Waals surface area (Å²) >= 11 is 0. The van der Waals surface area contributed by atoms with Gasteiger partial charge >= 0.3 is 0 Å². The van der Waals surface area contributed by atoms with Gasteiger partial charge in [0.1, 0.15) is 5.76 Å². The Kier molecular flexibility index (Phi) is 5.97. The van der Waals surface area contributed by atoms with E-state index in [0.29, 0.717) is 31.9 Å². The lowest BCUT2D eigenvalue weighted by molar-refractivity contribution is -0.140. The molecule has 2 saturated heterocycles. The zero-order valence-electron chi connectivity index (χ0n) is 17.1. The number of hydrogen-bond acceptors (Lipinski definition) is 5. The van der Waals surface area contributed by atoms with Gasteiger partial charge in [-0.3, -0.25) is 14.5 Å². The van der Waals surface area contributed by atoms with Gasteiger partial charge in [-0.2, -0.15) is 0 Å². The molecule has 6 heteroatoms. The molecule has 1 amide bonds. The van der Waals surface area contributed by atoms with E-state index in [1.54, 1.807) is 17.0 Å². The average Bonchev–Trinajstić information content (AvgIpc) is 3.04. The number of carbonyl (C=O) groups excluding carboxylic acids is 2. The van der Waals surface area contributed by atoms with Crippen molar-refractivity contribution < 1.29 is 19.4 Å². The second-order valence-corrected chi connectivity index (χ2v) is 7.72. The van der Waals surface area contributed by atoms with E-state index in [4.69, 9.17) is 4.74 Å². The van der Waals surface area contributed by atoms with Crippen molar-refractivity contribution in [2.45, 2.75) is 13.0 Å². The van der Waals surface area contributed by atoms with Crippen molar-refractivity contribution in [2.75, 3.05) is 39.4 Å². The minimum Gasteiger partial charge on any atom is -0.507 e. The summed E-state index contributed by atoms with van der Waals surface area (Å²) in [6, 6.07) is 16.1. The third kappa shape index (κ3) is 4.01. The van der Waals surface area contributed by atoms with E-state index in [1.807, 2.05) is 49.4 Å². The molecule has 2 aliphatic heterocycles. The Morgan fingerprint density at radius 1 is 1.00 bits per heavy atom. The number of amides is 1. The Labute approximate surface area is 176 Å². The second-order valence-electron chi connectivity index (χ2n) is 7.72. The lowest BCUT2D eigenvalue weighted by atomic mass is 9.95. The van der Waals surface area contributed by atoms with E-state index < -0.39 is 17.7 Å². The topological polar surface area (TPSA) is 70.1 Å². The number of carbonyl (C=O) groups is 2. The Morgan fingerprint density at radius 2 is 1.67 bits per heavy atom. The molecular weight excluding hydrogens is 380 g/mol. The maximum Gasteiger partial charge on any atom is 0.295 e. The number of hydrogen-bond donors (Lipinski definition) is 1. The molecule has 2 fully saturated rings. The van der Waals surface area contributed by atoms with Crippen LogP contribution in [0.1, 0.15) is 22.7 Å². The molecule has 0 spiro atoms. The number of rotatable bonds is 5. The fourth-order valence-corrected chi connectivity index (χ4v) is 4.03. The number of aliphatic hydroxyl groups is 1. The molecule has 1 N–H and O–H groups in total. The van der Waals surface area contributed by atoms with Crippen molar-refractivity contribution in [1.82, 2.24) is 9.80 Å². The van der Waals surface area contributed by atoms with Gasteiger partial charge in [0.25, 0.3) is 11.7 Å². The van der Waals surface area contributed by atoms with Crippen LogP contribution in [0.2, 0.25) is 0 Å². The molecule has 0 aliphatic carbocycles. The molecular formula is C24H26N2O4. The number of Topliss-reactive ketones (excluding diaryl/α,β-unsaturated/α-hetero) is 1. The molecule has 2 aliphatic rings. The summed E-state index contributed by atoms with van der Waals surface area (Å²) < 4.78 is 5.39. The molecule has 2 aromatic carbocycles. The average molecular weight is 406 g/mol. The van der Waals surface area contributed by atoms with Crippen molar-refractivity contribution >= 4 is 17.4 Å². The van der Waals surface area contributed by atoms with E-state index >= 15 is 0 Å². The number of ketones is 1. The summed E-state index contributed by atoms with van der Waals surface area (Å²) in [7, 11) is 0. The highest BCUT2D eigenvalue weighted by atomic mass is 16.5. The van der Waals surface area contributed by atoms with Gasteiger partial charge in [0.05, 0.1) is 24.8 Å². The number of nitrogens with zero attached hydrogens (tertiary/aromatic N) is 2. The summed E-state index contributed by atoms with van der Waals surface area (Å²) in [4.78, 5) is 29.8. The molecule has 30 heavy (non-hydrogen) atoms. The van der Waals surface area contributed by atoms with Gasteiger partial charge in [-0.25, -0.2) is 0 Å². The maximum atomic E-state index is 13.0. The highest BCUT2D eigenvalue weighted by Gasteiger charge is 2.45. The number of aryl methyl sites for hydroxylation is 1. The standard InChI is InChI=1S/C24H26N2O4/c1-17-7-9-19(10-8-17)22(27)20-21(18-5-3-2-4-6-18)26(24(29)23(20)28)12-11-25-13-15-30-16-14-25/h2-10,21,27H,11-16H2,1H3/t21-/m1/s1. The molecule has 4 rings (SSSR count). The van der Waals surface area contributed by atoms with Crippen LogP contribution in [0, 0.1) is 6.92 Å². The summed E-state index contributed by atoms with van der Waals surface area (Å²) in [5.41, 5.74) is 2.55.